The van der Waals surface area contributed by atoms with Crippen molar-refractivity contribution in [3.8, 4) is 0 Å². The molecule has 8 heteroatoms. The van der Waals surface area contributed by atoms with Crippen LogP contribution >= 0.6 is 11.6 Å². The van der Waals surface area contributed by atoms with Crippen LogP contribution in [0.1, 0.15) is 13.3 Å². The van der Waals surface area contributed by atoms with E-state index in [1.165, 1.54) is 0 Å². The molecule has 3 N–H and O–H groups in total. The van der Waals surface area contributed by atoms with E-state index in [1.54, 1.807) is 6.92 Å². The van der Waals surface area contributed by atoms with Crippen molar-refractivity contribution in [2.75, 3.05) is 6.54 Å². The average molecular weight is 281 g/mol. The van der Waals surface area contributed by atoms with Gasteiger partial charge in [-0.25, -0.2) is 13.1 Å². The minimum atomic E-state index is -3.77. The largest absolute Gasteiger partial charge is 0.392 e. The molecular formula is C9H13ClN2O4S. The second-order valence-corrected chi connectivity index (χ2v) is 5.60. The van der Waals surface area contributed by atoms with E-state index in [4.69, 9.17) is 11.6 Å². The van der Waals surface area contributed by atoms with E-state index in [0.29, 0.717) is 6.42 Å². The monoisotopic (exact) mass is 280 g/mol. The van der Waals surface area contributed by atoms with Crippen molar-refractivity contribution in [2.24, 2.45) is 0 Å². The fourth-order valence-electron chi connectivity index (χ4n) is 1.03. The van der Waals surface area contributed by atoms with Gasteiger partial charge in [0.15, 0.2) is 0 Å². The van der Waals surface area contributed by atoms with Crippen LogP contribution in [0.25, 0.3) is 0 Å². The highest BCUT2D eigenvalue weighted by Gasteiger charge is 2.16. The van der Waals surface area contributed by atoms with Crippen molar-refractivity contribution in [3.05, 3.63) is 27.6 Å². The van der Waals surface area contributed by atoms with Crippen molar-refractivity contribution >= 4 is 21.6 Å². The number of H-pyrrole nitrogens is 1. The fourth-order valence-corrected chi connectivity index (χ4v) is 2.33. The summed E-state index contributed by atoms with van der Waals surface area (Å²) in [6, 6.07) is 1.06. The summed E-state index contributed by atoms with van der Waals surface area (Å²) < 4.78 is 25.6. The molecule has 0 fully saturated rings. The molecule has 0 aliphatic rings. The lowest BCUT2D eigenvalue weighted by Crippen LogP contribution is -2.32. The van der Waals surface area contributed by atoms with Gasteiger partial charge in [-0.1, -0.05) is 18.5 Å². The number of halogens is 1. The smallest absolute Gasteiger partial charge is 0.266 e. The maximum Gasteiger partial charge on any atom is 0.266 e. The van der Waals surface area contributed by atoms with E-state index in [1.807, 2.05) is 0 Å². The summed E-state index contributed by atoms with van der Waals surface area (Å²) in [5.41, 5.74) is -0.556. The van der Waals surface area contributed by atoms with Crippen LogP contribution in [0.5, 0.6) is 0 Å². The molecule has 0 aliphatic heterocycles. The number of pyridine rings is 1. The van der Waals surface area contributed by atoms with Crippen LogP contribution < -0.4 is 10.3 Å². The number of rotatable bonds is 5. The van der Waals surface area contributed by atoms with Gasteiger partial charge in [0.25, 0.3) is 5.56 Å². The van der Waals surface area contributed by atoms with Gasteiger partial charge >= 0.3 is 0 Å². The van der Waals surface area contributed by atoms with E-state index in [0.717, 1.165) is 12.3 Å². The minimum absolute atomic E-state index is 0.0877. The van der Waals surface area contributed by atoms with Gasteiger partial charge in [0.2, 0.25) is 10.0 Å². The predicted molar refractivity (Wildman–Crippen MR) is 63.6 cm³/mol. The first-order chi connectivity index (χ1) is 7.86. The molecule has 1 rings (SSSR count). The van der Waals surface area contributed by atoms with Crippen LogP contribution in [0, 0.1) is 0 Å². The molecule has 1 atom stereocenters. The molecule has 0 aliphatic carbocycles. The van der Waals surface area contributed by atoms with Crippen molar-refractivity contribution in [2.45, 2.75) is 24.3 Å². The highest BCUT2D eigenvalue weighted by molar-refractivity contribution is 7.89. The lowest BCUT2D eigenvalue weighted by atomic mass is 10.3. The maximum atomic E-state index is 11.7. The predicted octanol–water partition coefficient (Wildman–Crippen LogP) is 0.0775. The van der Waals surface area contributed by atoms with Gasteiger partial charge in [-0.15, -0.1) is 0 Å². The van der Waals surface area contributed by atoms with E-state index < -0.39 is 21.7 Å². The van der Waals surface area contributed by atoms with Gasteiger partial charge in [-0.2, -0.15) is 0 Å². The molecule has 1 unspecified atom stereocenters. The first-order valence-corrected chi connectivity index (χ1v) is 6.79. The second-order valence-electron chi connectivity index (χ2n) is 3.43. The summed E-state index contributed by atoms with van der Waals surface area (Å²) in [5.74, 6) is 0. The number of aliphatic hydroxyl groups is 1. The number of hydrogen-bond acceptors (Lipinski definition) is 4. The molecule has 1 aromatic rings. The van der Waals surface area contributed by atoms with Gasteiger partial charge in [0, 0.05) is 12.7 Å². The van der Waals surface area contributed by atoms with Crippen molar-refractivity contribution in [1.82, 2.24) is 9.71 Å². The Hall–Kier alpha value is -0.890. The normalized spacial score (nSPS) is 13.6. The topological polar surface area (TPSA) is 99.3 Å². The lowest BCUT2D eigenvalue weighted by molar-refractivity contribution is 0.174. The molecule has 0 bridgehead atoms. The molecule has 1 heterocycles. The lowest BCUT2D eigenvalue weighted by Gasteiger charge is -2.10. The summed E-state index contributed by atoms with van der Waals surface area (Å²) in [7, 11) is -3.77. The molecule has 0 saturated heterocycles. The van der Waals surface area contributed by atoms with Crippen LogP contribution in [-0.4, -0.2) is 31.2 Å². The summed E-state index contributed by atoms with van der Waals surface area (Å²) in [6.07, 6.45) is 0.743. The van der Waals surface area contributed by atoms with Crippen molar-refractivity contribution in [1.29, 1.82) is 0 Å². The third kappa shape index (κ3) is 3.81. The Morgan fingerprint density at radius 3 is 2.76 bits per heavy atom. The van der Waals surface area contributed by atoms with Crippen LogP contribution in [0.15, 0.2) is 22.0 Å². The summed E-state index contributed by atoms with van der Waals surface area (Å²) in [6.45, 7) is 1.64. The Labute approximate surface area is 104 Å². The SMILES string of the molecule is CCC(O)CNS(=O)(=O)c1c[nH]c(=O)c(Cl)c1. The van der Waals surface area contributed by atoms with Gasteiger partial charge in [-0.3, -0.25) is 4.79 Å². The van der Waals surface area contributed by atoms with Crippen LogP contribution in [0.3, 0.4) is 0 Å². The summed E-state index contributed by atoms with van der Waals surface area (Å²) >= 11 is 5.52. The molecule has 0 amide bonds. The van der Waals surface area contributed by atoms with Gasteiger partial charge < -0.3 is 10.1 Å². The van der Waals surface area contributed by atoms with Crippen molar-refractivity contribution in [3.63, 3.8) is 0 Å². The van der Waals surface area contributed by atoms with E-state index in [9.17, 15) is 18.3 Å². The number of hydrogen-bond donors (Lipinski definition) is 3. The Balaban J connectivity index is 2.90. The van der Waals surface area contributed by atoms with E-state index in [2.05, 4.69) is 9.71 Å². The fraction of sp³-hybridized carbons (Fsp3) is 0.444. The molecule has 0 aromatic carbocycles. The zero-order valence-corrected chi connectivity index (χ0v) is 10.7. The number of aromatic nitrogens is 1. The third-order valence-corrected chi connectivity index (χ3v) is 3.81. The Kier molecular flexibility index (Phi) is 4.70. The number of aliphatic hydroxyl groups excluding tert-OH is 1. The molecule has 96 valence electrons. The molecule has 17 heavy (non-hydrogen) atoms. The zero-order valence-electron chi connectivity index (χ0n) is 9.10. The first kappa shape index (κ1) is 14.2. The Morgan fingerprint density at radius 2 is 2.24 bits per heavy atom. The standard InChI is InChI=1S/C9H13ClN2O4S/c1-2-6(13)4-12-17(15,16)7-3-8(10)9(14)11-5-7/h3,5-6,12-13H,2,4H2,1H3,(H,11,14). The number of aromatic amines is 1. The van der Waals surface area contributed by atoms with Crippen molar-refractivity contribution < 1.29 is 13.5 Å². The average Bonchev–Trinajstić information content (AvgIpc) is 2.29. The molecule has 0 spiro atoms. The minimum Gasteiger partial charge on any atom is -0.392 e. The third-order valence-electron chi connectivity index (χ3n) is 2.12. The maximum absolute atomic E-state index is 11.7. The van der Waals surface area contributed by atoms with Crippen LogP contribution in [0.4, 0.5) is 0 Å². The molecular weight excluding hydrogens is 268 g/mol. The first-order valence-electron chi connectivity index (χ1n) is 4.92. The van der Waals surface area contributed by atoms with Crippen LogP contribution in [0.2, 0.25) is 5.02 Å². The van der Waals surface area contributed by atoms with Gasteiger partial charge in [0.05, 0.1) is 11.0 Å². The Morgan fingerprint density at radius 1 is 1.59 bits per heavy atom. The summed E-state index contributed by atoms with van der Waals surface area (Å²) in [5, 5.41) is 9.05. The Bertz CT molecular complexity index is 540. The van der Waals surface area contributed by atoms with E-state index in [-0.39, 0.29) is 16.5 Å². The highest BCUT2D eigenvalue weighted by atomic mass is 35.5. The second kappa shape index (κ2) is 5.63. The summed E-state index contributed by atoms with van der Waals surface area (Å²) in [4.78, 5) is 13.0. The highest BCUT2D eigenvalue weighted by Crippen LogP contribution is 2.10. The number of nitrogens with one attached hydrogen (secondary N) is 2. The molecule has 6 nitrogen and oxygen atoms in total. The zero-order chi connectivity index (χ0) is 13.1. The van der Waals surface area contributed by atoms with E-state index >= 15 is 0 Å². The van der Waals surface area contributed by atoms with Gasteiger partial charge in [0.1, 0.15) is 5.02 Å². The molecule has 1 aromatic heterocycles. The molecule has 0 radical (unpaired) electrons. The molecule has 0 saturated carbocycles. The van der Waals surface area contributed by atoms with Crippen LogP contribution in [-0.2, 0) is 10.0 Å². The number of sulfonamides is 1. The quantitative estimate of drug-likeness (QED) is 0.711. The van der Waals surface area contributed by atoms with Gasteiger partial charge in [-0.05, 0) is 12.5 Å².